The van der Waals surface area contributed by atoms with Gasteiger partial charge in [0.1, 0.15) is 24.0 Å². The van der Waals surface area contributed by atoms with E-state index in [1.165, 1.54) is 6.07 Å². The summed E-state index contributed by atoms with van der Waals surface area (Å²) in [5, 5.41) is 9.03. The van der Waals surface area contributed by atoms with Gasteiger partial charge < -0.3 is 19.9 Å². The van der Waals surface area contributed by atoms with E-state index in [9.17, 15) is 4.39 Å². The van der Waals surface area contributed by atoms with Crippen LogP contribution in [0.4, 0.5) is 10.1 Å². The Bertz CT molecular complexity index is 499. The van der Waals surface area contributed by atoms with Crippen molar-refractivity contribution in [2.75, 3.05) is 25.6 Å². The molecule has 1 aromatic carbocycles. The smallest absolute Gasteiger partial charge is 0.191 e. The number of rotatable bonds is 7. The molecule has 0 heterocycles. The van der Waals surface area contributed by atoms with Crippen LogP contribution in [0.2, 0.25) is 0 Å². The normalized spacial score (nSPS) is 10.6. The van der Waals surface area contributed by atoms with Gasteiger partial charge in [-0.3, -0.25) is 0 Å². The van der Waals surface area contributed by atoms with E-state index in [0.29, 0.717) is 13.2 Å². The van der Waals surface area contributed by atoms with Crippen LogP contribution in [0.25, 0.3) is 0 Å². The van der Waals surface area contributed by atoms with Crippen molar-refractivity contribution in [2.24, 2.45) is 0 Å². The maximum absolute atomic E-state index is 13.6. The SMILES string of the molecule is CCOC(COc1cc(Br)c(F)c(N)c1C#N)OCC. The van der Waals surface area contributed by atoms with E-state index in [2.05, 4.69) is 15.9 Å². The maximum Gasteiger partial charge on any atom is 0.191 e. The lowest BCUT2D eigenvalue weighted by Crippen LogP contribution is -2.25. The molecule has 0 aliphatic heterocycles. The minimum absolute atomic E-state index is 0.0440. The first kappa shape index (κ1) is 16.7. The first-order valence-corrected chi connectivity index (χ1v) is 6.87. The fraction of sp³-hybridized carbons (Fsp3) is 0.462. The molecule has 1 aromatic rings. The summed E-state index contributed by atoms with van der Waals surface area (Å²) >= 11 is 3.02. The van der Waals surface area contributed by atoms with Gasteiger partial charge in [0.2, 0.25) is 0 Å². The van der Waals surface area contributed by atoms with Gasteiger partial charge in [0.25, 0.3) is 0 Å². The summed E-state index contributed by atoms with van der Waals surface area (Å²) in [5.41, 5.74) is 5.26. The van der Waals surface area contributed by atoms with E-state index < -0.39 is 12.1 Å². The van der Waals surface area contributed by atoms with Crippen LogP contribution in [-0.2, 0) is 9.47 Å². The van der Waals surface area contributed by atoms with Gasteiger partial charge in [-0.05, 0) is 35.8 Å². The number of hydrogen-bond acceptors (Lipinski definition) is 5. The quantitative estimate of drug-likeness (QED) is 0.606. The average Bonchev–Trinajstić information content (AvgIpc) is 2.43. The Labute approximate surface area is 125 Å². The molecule has 0 amide bonds. The summed E-state index contributed by atoms with van der Waals surface area (Å²) in [5.74, 6) is -0.497. The first-order chi connectivity index (χ1) is 9.54. The minimum atomic E-state index is -0.680. The molecule has 2 N–H and O–H groups in total. The van der Waals surface area contributed by atoms with Gasteiger partial charge >= 0.3 is 0 Å². The predicted octanol–water partition coefficient (Wildman–Crippen LogP) is 2.82. The highest BCUT2D eigenvalue weighted by molar-refractivity contribution is 9.10. The Kier molecular flexibility index (Phi) is 6.71. The van der Waals surface area contributed by atoms with E-state index in [-0.39, 0.29) is 28.1 Å². The molecule has 0 bridgehead atoms. The van der Waals surface area contributed by atoms with Crippen LogP contribution in [0.1, 0.15) is 19.4 Å². The summed E-state index contributed by atoms with van der Waals surface area (Å²) in [6.07, 6.45) is -0.554. The van der Waals surface area contributed by atoms with Crippen molar-refractivity contribution in [1.29, 1.82) is 5.26 Å². The fourth-order valence-electron chi connectivity index (χ4n) is 1.52. The molecule has 0 aliphatic rings. The Morgan fingerprint density at radius 1 is 1.40 bits per heavy atom. The summed E-state index contributed by atoms with van der Waals surface area (Å²) in [7, 11) is 0. The van der Waals surface area contributed by atoms with Gasteiger partial charge in [-0.1, -0.05) is 0 Å². The molecule has 20 heavy (non-hydrogen) atoms. The molecule has 0 aliphatic carbocycles. The lowest BCUT2D eigenvalue weighted by atomic mass is 10.1. The average molecular weight is 347 g/mol. The predicted molar refractivity (Wildman–Crippen MR) is 75.8 cm³/mol. The summed E-state index contributed by atoms with van der Waals surface area (Å²) < 4.78 is 29.8. The third kappa shape index (κ3) is 4.07. The zero-order chi connectivity index (χ0) is 15.1. The summed E-state index contributed by atoms with van der Waals surface area (Å²) in [6, 6.07) is 3.19. The lowest BCUT2D eigenvalue weighted by Gasteiger charge is -2.18. The minimum Gasteiger partial charge on any atom is -0.487 e. The van der Waals surface area contributed by atoms with Gasteiger partial charge in [-0.25, -0.2) is 4.39 Å². The molecule has 1 rings (SSSR count). The van der Waals surface area contributed by atoms with Crippen molar-refractivity contribution in [3.05, 3.63) is 21.9 Å². The Morgan fingerprint density at radius 3 is 2.50 bits per heavy atom. The van der Waals surface area contributed by atoms with Gasteiger partial charge in [0.15, 0.2) is 12.1 Å². The molecule has 0 unspecified atom stereocenters. The number of hydrogen-bond donors (Lipinski definition) is 1. The topological polar surface area (TPSA) is 77.5 Å². The zero-order valence-electron chi connectivity index (χ0n) is 11.3. The van der Waals surface area contributed by atoms with E-state index in [1.54, 1.807) is 0 Å². The first-order valence-electron chi connectivity index (χ1n) is 6.08. The molecular formula is C13H16BrFN2O3. The van der Waals surface area contributed by atoms with Crippen LogP contribution in [-0.4, -0.2) is 26.1 Å². The molecule has 0 fully saturated rings. The van der Waals surface area contributed by atoms with Crippen LogP contribution in [0.3, 0.4) is 0 Å². The molecule has 7 heteroatoms. The molecular weight excluding hydrogens is 331 g/mol. The van der Waals surface area contributed by atoms with E-state index in [1.807, 2.05) is 19.9 Å². The molecule has 0 atom stereocenters. The van der Waals surface area contributed by atoms with Crippen molar-refractivity contribution in [1.82, 2.24) is 0 Å². The van der Waals surface area contributed by atoms with Crippen LogP contribution < -0.4 is 10.5 Å². The van der Waals surface area contributed by atoms with E-state index in [4.69, 9.17) is 25.2 Å². The second-order valence-electron chi connectivity index (χ2n) is 3.72. The van der Waals surface area contributed by atoms with Crippen LogP contribution >= 0.6 is 15.9 Å². The van der Waals surface area contributed by atoms with Crippen LogP contribution in [0.15, 0.2) is 10.5 Å². The number of nitriles is 1. The number of nitrogens with zero attached hydrogens (tertiary/aromatic N) is 1. The molecule has 0 radical (unpaired) electrons. The number of nitrogen functional groups attached to an aromatic ring is 1. The molecule has 0 saturated carbocycles. The second-order valence-corrected chi connectivity index (χ2v) is 4.58. The molecule has 0 aromatic heterocycles. The van der Waals surface area contributed by atoms with Crippen LogP contribution in [0, 0.1) is 17.1 Å². The van der Waals surface area contributed by atoms with Gasteiger partial charge in [-0.15, -0.1) is 0 Å². The lowest BCUT2D eigenvalue weighted by molar-refractivity contribution is -0.152. The van der Waals surface area contributed by atoms with Crippen molar-refractivity contribution in [3.63, 3.8) is 0 Å². The Balaban J connectivity index is 2.89. The summed E-state index contributed by atoms with van der Waals surface area (Å²) in [6.45, 7) is 4.68. The summed E-state index contributed by atoms with van der Waals surface area (Å²) in [4.78, 5) is 0. The second kappa shape index (κ2) is 8.04. The van der Waals surface area contributed by atoms with E-state index in [0.717, 1.165) is 0 Å². The molecule has 110 valence electrons. The Morgan fingerprint density at radius 2 is 2.00 bits per heavy atom. The van der Waals surface area contributed by atoms with Crippen molar-refractivity contribution >= 4 is 21.6 Å². The van der Waals surface area contributed by atoms with Crippen molar-refractivity contribution < 1.29 is 18.6 Å². The highest BCUT2D eigenvalue weighted by Gasteiger charge is 2.17. The number of anilines is 1. The highest BCUT2D eigenvalue weighted by Crippen LogP contribution is 2.32. The van der Waals surface area contributed by atoms with Crippen molar-refractivity contribution in [2.45, 2.75) is 20.1 Å². The zero-order valence-corrected chi connectivity index (χ0v) is 12.9. The van der Waals surface area contributed by atoms with Gasteiger partial charge in [0.05, 0.1) is 10.2 Å². The van der Waals surface area contributed by atoms with Gasteiger partial charge in [-0.2, -0.15) is 5.26 Å². The van der Waals surface area contributed by atoms with E-state index >= 15 is 0 Å². The van der Waals surface area contributed by atoms with Crippen molar-refractivity contribution in [3.8, 4) is 11.8 Å². The highest BCUT2D eigenvalue weighted by atomic mass is 79.9. The largest absolute Gasteiger partial charge is 0.487 e. The third-order valence-electron chi connectivity index (χ3n) is 2.41. The molecule has 0 saturated heterocycles. The number of ether oxygens (including phenoxy) is 3. The standard InChI is InChI=1S/C13H16BrFN2O3/c1-3-18-11(19-4-2)7-20-10-5-9(14)12(15)13(17)8(10)6-16/h5,11H,3-4,7,17H2,1-2H3. The fourth-order valence-corrected chi connectivity index (χ4v) is 1.95. The maximum atomic E-state index is 13.6. The monoisotopic (exact) mass is 346 g/mol. The van der Waals surface area contributed by atoms with Crippen LogP contribution in [0.5, 0.6) is 5.75 Å². The number of benzene rings is 1. The molecule has 0 spiro atoms. The third-order valence-corrected chi connectivity index (χ3v) is 2.99. The number of nitrogens with two attached hydrogens (primary N) is 1. The number of halogens is 2. The molecule has 5 nitrogen and oxygen atoms in total. The van der Waals surface area contributed by atoms with Gasteiger partial charge in [0, 0.05) is 13.2 Å². The Hall–Kier alpha value is -1.36.